The van der Waals surface area contributed by atoms with E-state index in [1.54, 1.807) is 7.05 Å². The van der Waals surface area contributed by atoms with E-state index in [1.165, 1.54) is 20.5 Å². The van der Waals surface area contributed by atoms with Gasteiger partial charge in [0.15, 0.2) is 0 Å². The average Bonchev–Trinajstić information content (AvgIpc) is 3.00. The van der Waals surface area contributed by atoms with E-state index in [2.05, 4.69) is 5.32 Å². The summed E-state index contributed by atoms with van der Waals surface area (Å²) in [5.41, 5.74) is 8.24. The second-order valence-electron chi connectivity index (χ2n) is 7.10. The van der Waals surface area contributed by atoms with Gasteiger partial charge in [-0.05, 0) is 43.4 Å². The molecule has 1 aliphatic rings. The summed E-state index contributed by atoms with van der Waals surface area (Å²) in [5, 5.41) is 3.33. The molecule has 8 heteroatoms. The molecule has 0 atom stereocenters. The number of imidazole rings is 1. The van der Waals surface area contributed by atoms with Crippen molar-refractivity contribution in [2.24, 2.45) is 12.8 Å². The van der Waals surface area contributed by atoms with Gasteiger partial charge >= 0.3 is 5.69 Å². The van der Waals surface area contributed by atoms with E-state index in [-0.39, 0.29) is 18.1 Å². The van der Waals surface area contributed by atoms with Gasteiger partial charge in [-0.1, -0.05) is 18.6 Å². The Hall–Kier alpha value is -2.87. The maximum atomic E-state index is 12.7. The van der Waals surface area contributed by atoms with Crippen LogP contribution in [0.5, 0.6) is 0 Å². The lowest BCUT2D eigenvalue weighted by molar-refractivity contribution is -0.116. The van der Waals surface area contributed by atoms with Crippen LogP contribution in [0.2, 0.25) is 0 Å². The number of rotatable bonds is 4. The van der Waals surface area contributed by atoms with Gasteiger partial charge in [-0.15, -0.1) is 11.3 Å². The van der Waals surface area contributed by atoms with E-state index < -0.39 is 5.91 Å². The van der Waals surface area contributed by atoms with Crippen LogP contribution in [-0.4, -0.2) is 20.9 Å². The maximum absolute atomic E-state index is 12.7. The molecule has 0 saturated carbocycles. The highest BCUT2D eigenvalue weighted by Gasteiger charge is 2.24. The van der Waals surface area contributed by atoms with Crippen molar-refractivity contribution in [3.63, 3.8) is 0 Å². The molecule has 7 nitrogen and oxygen atoms in total. The van der Waals surface area contributed by atoms with Gasteiger partial charge in [-0.2, -0.15) is 0 Å². The molecule has 0 fully saturated rings. The minimum absolute atomic E-state index is 0.124. The molecule has 2 aromatic heterocycles. The molecule has 0 radical (unpaired) electrons. The first-order chi connectivity index (χ1) is 13.5. The standard InChI is InChI=1S/C20H22N4O3S/c1-23-13-8-5-6-9-14(13)24(20(23)27)11-16(25)22-19-17(18(21)26)12-7-3-2-4-10-15(12)28-19/h5-6,8-9H,2-4,7,10-11H2,1H3,(H2,21,26)(H,22,25). The van der Waals surface area contributed by atoms with Gasteiger partial charge in [0.1, 0.15) is 11.5 Å². The van der Waals surface area contributed by atoms with Crippen molar-refractivity contribution in [2.75, 3.05) is 5.32 Å². The lowest BCUT2D eigenvalue weighted by Crippen LogP contribution is -2.28. The van der Waals surface area contributed by atoms with Crippen LogP contribution in [-0.2, 0) is 31.2 Å². The van der Waals surface area contributed by atoms with Crippen molar-refractivity contribution in [1.29, 1.82) is 0 Å². The topological polar surface area (TPSA) is 99.1 Å². The second kappa shape index (κ2) is 7.27. The van der Waals surface area contributed by atoms with E-state index >= 15 is 0 Å². The number of carbonyl (C=O) groups is 2. The van der Waals surface area contributed by atoms with Crippen molar-refractivity contribution in [3.05, 3.63) is 50.8 Å². The molecule has 0 unspecified atom stereocenters. The number of nitrogens with one attached hydrogen (secondary N) is 1. The van der Waals surface area contributed by atoms with E-state index in [9.17, 15) is 14.4 Å². The number of nitrogens with zero attached hydrogens (tertiary/aromatic N) is 2. The molecule has 3 aromatic rings. The number of hydrogen-bond acceptors (Lipinski definition) is 4. The number of benzene rings is 1. The van der Waals surface area contributed by atoms with Crippen molar-refractivity contribution >= 4 is 39.2 Å². The first-order valence-electron chi connectivity index (χ1n) is 9.36. The van der Waals surface area contributed by atoms with Gasteiger partial charge in [-0.3, -0.25) is 18.7 Å². The summed E-state index contributed by atoms with van der Waals surface area (Å²) in [7, 11) is 1.68. The summed E-state index contributed by atoms with van der Waals surface area (Å²) in [6, 6.07) is 7.33. The van der Waals surface area contributed by atoms with E-state index in [1.807, 2.05) is 24.3 Å². The third-order valence-electron chi connectivity index (χ3n) is 5.27. The Labute approximate surface area is 165 Å². The molecule has 2 heterocycles. The number of aromatic nitrogens is 2. The van der Waals surface area contributed by atoms with Crippen LogP contribution in [0.3, 0.4) is 0 Å². The van der Waals surface area contributed by atoms with Crippen LogP contribution in [0.4, 0.5) is 5.00 Å². The predicted octanol–water partition coefficient (Wildman–Crippen LogP) is 2.41. The number of anilines is 1. The molecule has 1 aliphatic carbocycles. The van der Waals surface area contributed by atoms with Crippen molar-refractivity contribution < 1.29 is 9.59 Å². The van der Waals surface area contributed by atoms with Gasteiger partial charge in [0.2, 0.25) is 5.91 Å². The van der Waals surface area contributed by atoms with Crippen molar-refractivity contribution in [3.8, 4) is 0 Å². The minimum atomic E-state index is -0.517. The summed E-state index contributed by atoms with van der Waals surface area (Å²) in [6.07, 6.45) is 4.93. The summed E-state index contributed by atoms with van der Waals surface area (Å²) in [4.78, 5) is 38.4. The summed E-state index contributed by atoms with van der Waals surface area (Å²) >= 11 is 1.43. The monoisotopic (exact) mass is 398 g/mol. The molecular weight excluding hydrogens is 376 g/mol. The third-order valence-corrected chi connectivity index (χ3v) is 6.48. The van der Waals surface area contributed by atoms with Crippen molar-refractivity contribution in [1.82, 2.24) is 9.13 Å². The number of hydrogen-bond donors (Lipinski definition) is 2. The van der Waals surface area contributed by atoms with Gasteiger partial charge in [0.25, 0.3) is 5.91 Å². The Bertz CT molecular complexity index is 1140. The molecule has 0 aliphatic heterocycles. The molecular formula is C20H22N4O3S. The summed E-state index contributed by atoms with van der Waals surface area (Å²) in [6.45, 7) is -0.124. The van der Waals surface area contributed by atoms with Crippen molar-refractivity contribution in [2.45, 2.75) is 38.6 Å². The van der Waals surface area contributed by atoms with Crippen LogP contribution >= 0.6 is 11.3 Å². The van der Waals surface area contributed by atoms with Gasteiger partial charge < -0.3 is 11.1 Å². The highest BCUT2D eigenvalue weighted by atomic mass is 32.1. The molecule has 1 aromatic carbocycles. The van der Waals surface area contributed by atoms with Gasteiger partial charge in [0, 0.05) is 11.9 Å². The second-order valence-corrected chi connectivity index (χ2v) is 8.20. The lowest BCUT2D eigenvalue weighted by Gasteiger charge is -2.07. The number of thiophene rings is 1. The Morgan fingerprint density at radius 3 is 2.61 bits per heavy atom. The Kier molecular flexibility index (Phi) is 4.80. The normalized spacial score (nSPS) is 13.9. The molecule has 146 valence electrons. The third kappa shape index (κ3) is 3.13. The molecule has 0 spiro atoms. The zero-order valence-electron chi connectivity index (χ0n) is 15.7. The van der Waals surface area contributed by atoms with Crippen LogP contribution < -0.4 is 16.7 Å². The van der Waals surface area contributed by atoms with Crippen LogP contribution in [0.1, 0.15) is 40.1 Å². The quantitative estimate of drug-likeness (QED) is 0.660. The number of aryl methyl sites for hydroxylation is 2. The first-order valence-corrected chi connectivity index (χ1v) is 10.2. The fourth-order valence-corrected chi connectivity index (χ4v) is 5.23. The Morgan fingerprint density at radius 1 is 1.14 bits per heavy atom. The van der Waals surface area contributed by atoms with Gasteiger partial charge in [0.05, 0.1) is 16.6 Å². The number of fused-ring (bicyclic) bond motifs is 2. The number of primary amides is 1. The van der Waals surface area contributed by atoms with E-state index in [0.717, 1.165) is 48.1 Å². The highest BCUT2D eigenvalue weighted by molar-refractivity contribution is 7.17. The molecule has 0 saturated heterocycles. The largest absolute Gasteiger partial charge is 0.365 e. The molecule has 28 heavy (non-hydrogen) atoms. The highest BCUT2D eigenvalue weighted by Crippen LogP contribution is 2.37. The maximum Gasteiger partial charge on any atom is 0.329 e. The molecule has 2 amide bonds. The summed E-state index contributed by atoms with van der Waals surface area (Å²) in [5.74, 6) is -0.866. The number of carbonyl (C=O) groups excluding carboxylic acids is 2. The van der Waals surface area contributed by atoms with Crippen LogP contribution in [0.25, 0.3) is 11.0 Å². The van der Waals surface area contributed by atoms with Gasteiger partial charge in [-0.25, -0.2) is 4.79 Å². The zero-order valence-corrected chi connectivity index (χ0v) is 16.5. The fourth-order valence-electron chi connectivity index (χ4n) is 3.92. The number of amides is 2. The molecule has 3 N–H and O–H groups in total. The molecule has 4 rings (SSSR count). The zero-order chi connectivity index (χ0) is 19.8. The summed E-state index contributed by atoms with van der Waals surface area (Å²) < 4.78 is 2.96. The predicted molar refractivity (Wildman–Crippen MR) is 110 cm³/mol. The average molecular weight is 398 g/mol. The fraction of sp³-hybridized carbons (Fsp3) is 0.350. The van der Waals surface area contributed by atoms with Crippen LogP contribution in [0.15, 0.2) is 29.1 Å². The smallest absolute Gasteiger partial charge is 0.329 e. The first kappa shape index (κ1) is 18.5. The molecule has 0 bridgehead atoms. The lowest BCUT2D eigenvalue weighted by atomic mass is 10.1. The Balaban J connectivity index is 1.64. The number of nitrogens with two attached hydrogens (primary N) is 1. The SMILES string of the molecule is Cn1c(=O)n(CC(=O)Nc2sc3c(c2C(N)=O)CCCCC3)c2ccccc21. The Morgan fingerprint density at radius 2 is 1.86 bits per heavy atom. The van der Waals surface area contributed by atoms with E-state index in [4.69, 9.17) is 5.73 Å². The minimum Gasteiger partial charge on any atom is -0.365 e. The van der Waals surface area contributed by atoms with E-state index in [0.29, 0.717) is 16.1 Å². The van der Waals surface area contributed by atoms with Crippen LogP contribution in [0, 0.1) is 0 Å². The number of para-hydroxylation sites is 2.